The Hall–Kier alpha value is -1.95. The van der Waals surface area contributed by atoms with E-state index in [9.17, 15) is 9.90 Å². The highest BCUT2D eigenvalue weighted by Crippen LogP contribution is 2.20. The number of hydrogen-bond donors (Lipinski definition) is 1. The number of ether oxygens (including phenoxy) is 1. The Balaban J connectivity index is 2.10. The Labute approximate surface area is 157 Å². The van der Waals surface area contributed by atoms with E-state index in [-0.39, 0.29) is 5.41 Å². The monoisotopic (exact) mass is 371 g/mol. The van der Waals surface area contributed by atoms with Gasteiger partial charge in [0.15, 0.2) is 0 Å². The number of benzene rings is 2. The van der Waals surface area contributed by atoms with Crippen molar-refractivity contribution in [3.63, 3.8) is 0 Å². The maximum Gasteiger partial charge on any atom is 0.360 e. The van der Waals surface area contributed by atoms with Crippen LogP contribution in [0.25, 0.3) is 0 Å². The summed E-state index contributed by atoms with van der Waals surface area (Å²) >= 11 is 0. The lowest BCUT2D eigenvalue weighted by molar-refractivity contribution is -0.171. The lowest BCUT2D eigenvalue weighted by atomic mass is 9.91. The molecule has 0 aliphatic carbocycles. The normalized spacial score (nSPS) is 12.9. The van der Waals surface area contributed by atoms with Gasteiger partial charge in [0.05, 0.1) is 6.61 Å². The highest BCUT2D eigenvalue weighted by Gasteiger charge is 2.28. The highest BCUT2D eigenvalue weighted by molar-refractivity contribution is 6.80. The maximum absolute atomic E-state index is 11.7. The summed E-state index contributed by atoms with van der Waals surface area (Å²) in [5, 5.41) is 11.5. The van der Waals surface area contributed by atoms with Gasteiger partial charge in [0, 0.05) is 0 Å². The number of carbonyl (C=O) groups is 1. The van der Waals surface area contributed by atoms with Crippen LogP contribution in [-0.2, 0) is 14.0 Å². The summed E-state index contributed by atoms with van der Waals surface area (Å²) in [6.07, 6.45) is 0.508. The van der Waals surface area contributed by atoms with E-state index < -0.39 is 21.3 Å². The molecule has 0 saturated carbocycles. The van der Waals surface area contributed by atoms with Crippen LogP contribution in [0.2, 0.25) is 0 Å². The SMILES string of the molecule is CC(C)(C)CCCOC(O[Si](c1ccccc1)c1ccccc1)C(=O)O. The fourth-order valence-electron chi connectivity index (χ4n) is 2.54. The molecular weight excluding hydrogens is 344 g/mol. The van der Waals surface area contributed by atoms with Gasteiger partial charge in [-0.25, -0.2) is 4.79 Å². The molecule has 0 aromatic heterocycles. The lowest BCUT2D eigenvalue weighted by Crippen LogP contribution is -2.49. The molecule has 26 heavy (non-hydrogen) atoms. The molecule has 0 saturated heterocycles. The third-order valence-electron chi connectivity index (χ3n) is 3.84. The molecule has 4 nitrogen and oxygen atoms in total. The van der Waals surface area contributed by atoms with Gasteiger partial charge in [-0.3, -0.25) is 0 Å². The van der Waals surface area contributed by atoms with Gasteiger partial charge in [-0.1, -0.05) is 81.4 Å². The fraction of sp³-hybridized carbons (Fsp3) is 0.381. The first-order valence-electron chi connectivity index (χ1n) is 8.86. The summed E-state index contributed by atoms with van der Waals surface area (Å²) in [6, 6.07) is 19.5. The predicted molar refractivity (Wildman–Crippen MR) is 105 cm³/mol. The topological polar surface area (TPSA) is 55.8 Å². The Kier molecular flexibility index (Phi) is 7.57. The standard InChI is InChI=1S/C21H27O4Si/c1-21(2,3)15-10-16-24-20(19(22)23)25-26(17-11-6-4-7-12-17)18-13-8-5-9-14-18/h4-9,11-14,20H,10,15-16H2,1-3H3,(H,22,23). The van der Waals surface area contributed by atoms with E-state index in [1.165, 1.54) is 0 Å². The van der Waals surface area contributed by atoms with Gasteiger partial charge in [0.25, 0.3) is 9.04 Å². The highest BCUT2D eigenvalue weighted by atomic mass is 28.3. The molecule has 0 aliphatic rings. The van der Waals surface area contributed by atoms with Crippen molar-refractivity contribution in [2.45, 2.75) is 39.9 Å². The predicted octanol–water partition coefficient (Wildman–Crippen LogP) is 3.06. The van der Waals surface area contributed by atoms with Gasteiger partial charge in [-0.2, -0.15) is 0 Å². The molecule has 2 aromatic carbocycles. The zero-order valence-electron chi connectivity index (χ0n) is 15.6. The van der Waals surface area contributed by atoms with Crippen LogP contribution in [0.1, 0.15) is 33.6 Å². The summed E-state index contributed by atoms with van der Waals surface area (Å²) in [5.41, 5.74) is 0.200. The Morgan fingerprint density at radius 1 is 1.00 bits per heavy atom. The molecule has 0 heterocycles. The molecule has 1 N–H and O–H groups in total. The second-order valence-corrected chi connectivity index (χ2v) is 9.43. The van der Waals surface area contributed by atoms with Crippen LogP contribution in [0.4, 0.5) is 0 Å². The average molecular weight is 372 g/mol. The van der Waals surface area contributed by atoms with E-state index in [0.717, 1.165) is 23.2 Å². The lowest BCUT2D eigenvalue weighted by Gasteiger charge is -2.22. The summed E-state index contributed by atoms with van der Waals surface area (Å²) < 4.78 is 11.6. The minimum atomic E-state index is -1.71. The minimum Gasteiger partial charge on any atom is -0.478 e. The van der Waals surface area contributed by atoms with Gasteiger partial charge in [0.1, 0.15) is 0 Å². The van der Waals surface area contributed by atoms with Crippen molar-refractivity contribution in [1.82, 2.24) is 0 Å². The van der Waals surface area contributed by atoms with E-state index in [2.05, 4.69) is 20.8 Å². The zero-order chi connectivity index (χ0) is 19.0. The van der Waals surface area contributed by atoms with Crippen LogP contribution in [0.15, 0.2) is 60.7 Å². The van der Waals surface area contributed by atoms with E-state index in [4.69, 9.17) is 9.16 Å². The van der Waals surface area contributed by atoms with Crippen LogP contribution in [0.5, 0.6) is 0 Å². The van der Waals surface area contributed by atoms with Crippen molar-refractivity contribution in [2.75, 3.05) is 6.61 Å². The molecule has 1 radical (unpaired) electrons. The van der Waals surface area contributed by atoms with Crippen molar-refractivity contribution in [3.8, 4) is 0 Å². The Morgan fingerprint density at radius 2 is 1.50 bits per heavy atom. The van der Waals surface area contributed by atoms with Crippen molar-refractivity contribution in [3.05, 3.63) is 60.7 Å². The number of carboxylic acids is 1. The molecule has 2 aromatic rings. The quantitative estimate of drug-likeness (QED) is 0.418. The molecule has 1 unspecified atom stereocenters. The summed E-state index contributed by atoms with van der Waals surface area (Å²) in [4.78, 5) is 11.7. The molecule has 5 heteroatoms. The second-order valence-electron chi connectivity index (χ2n) is 7.38. The van der Waals surface area contributed by atoms with Crippen LogP contribution >= 0.6 is 0 Å². The van der Waals surface area contributed by atoms with E-state index in [0.29, 0.717) is 6.61 Å². The summed E-state index contributed by atoms with van der Waals surface area (Å²) in [5.74, 6) is -1.09. The van der Waals surface area contributed by atoms with Crippen molar-refractivity contribution in [2.24, 2.45) is 5.41 Å². The van der Waals surface area contributed by atoms with Gasteiger partial charge in [-0.05, 0) is 28.6 Å². The van der Waals surface area contributed by atoms with E-state index in [1.54, 1.807) is 0 Å². The smallest absolute Gasteiger partial charge is 0.360 e. The molecule has 2 rings (SSSR count). The van der Waals surface area contributed by atoms with E-state index in [1.807, 2.05) is 60.7 Å². The largest absolute Gasteiger partial charge is 0.478 e. The van der Waals surface area contributed by atoms with E-state index >= 15 is 0 Å². The number of hydrogen-bond acceptors (Lipinski definition) is 3. The first-order chi connectivity index (χ1) is 12.4. The number of carboxylic acid groups (broad SMARTS) is 1. The first kappa shape index (κ1) is 20.4. The van der Waals surface area contributed by atoms with Gasteiger partial charge in [0.2, 0.25) is 6.29 Å². The fourth-order valence-corrected chi connectivity index (χ4v) is 4.52. The second kappa shape index (κ2) is 9.66. The van der Waals surface area contributed by atoms with Crippen molar-refractivity contribution < 1.29 is 19.1 Å². The van der Waals surface area contributed by atoms with Gasteiger partial charge >= 0.3 is 5.97 Å². The van der Waals surface area contributed by atoms with Crippen LogP contribution in [0, 0.1) is 5.41 Å². The Bertz CT molecular complexity index is 628. The van der Waals surface area contributed by atoms with Crippen LogP contribution in [0.3, 0.4) is 0 Å². The summed E-state index contributed by atoms with van der Waals surface area (Å²) in [7, 11) is -1.71. The first-order valence-corrected chi connectivity index (χ1v) is 10.3. The number of aliphatic carboxylic acids is 1. The Morgan fingerprint density at radius 3 is 1.92 bits per heavy atom. The molecule has 0 amide bonds. The molecule has 0 aliphatic heterocycles. The zero-order valence-corrected chi connectivity index (χ0v) is 16.6. The van der Waals surface area contributed by atoms with Crippen molar-refractivity contribution >= 4 is 25.4 Å². The van der Waals surface area contributed by atoms with Crippen LogP contribution in [-0.4, -0.2) is 33.0 Å². The average Bonchev–Trinajstić information content (AvgIpc) is 2.61. The third-order valence-corrected chi connectivity index (χ3v) is 6.00. The molecule has 139 valence electrons. The third kappa shape index (κ3) is 6.75. The van der Waals surface area contributed by atoms with Crippen molar-refractivity contribution in [1.29, 1.82) is 0 Å². The number of rotatable bonds is 9. The molecule has 0 fully saturated rings. The molecule has 1 atom stereocenters. The van der Waals surface area contributed by atoms with Gasteiger partial charge < -0.3 is 14.3 Å². The summed E-state index contributed by atoms with van der Waals surface area (Å²) in [6.45, 7) is 6.84. The maximum atomic E-state index is 11.7. The molecule has 0 bridgehead atoms. The van der Waals surface area contributed by atoms with Crippen LogP contribution < -0.4 is 10.4 Å². The minimum absolute atomic E-state index is 0.200. The van der Waals surface area contributed by atoms with Gasteiger partial charge in [-0.15, -0.1) is 0 Å². The molecule has 0 spiro atoms. The molecular formula is C21H27O4Si.